The van der Waals surface area contributed by atoms with Gasteiger partial charge in [0.25, 0.3) is 0 Å². The van der Waals surface area contributed by atoms with Crippen molar-refractivity contribution >= 4 is 21.6 Å². The zero-order valence-electron chi connectivity index (χ0n) is 8.48. The summed E-state index contributed by atoms with van der Waals surface area (Å²) in [5, 5.41) is 3.15. The quantitative estimate of drug-likeness (QED) is 0.855. The number of nitrogens with one attached hydrogen (secondary N) is 1. The Morgan fingerprint density at radius 2 is 2.21 bits per heavy atom. The summed E-state index contributed by atoms with van der Waals surface area (Å²) in [6.45, 7) is 4.18. The average Bonchev–Trinajstić information content (AvgIpc) is 2.12. The minimum Gasteiger partial charge on any atom is -0.380 e. The molecule has 14 heavy (non-hydrogen) atoms. The SMILES string of the molecule is CCCC(C)Nc1cc(Br)ccc1F. The maximum Gasteiger partial charge on any atom is 0.146 e. The van der Waals surface area contributed by atoms with E-state index < -0.39 is 0 Å². The molecule has 1 unspecified atom stereocenters. The van der Waals surface area contributed by atoms with Crippen molar-refractivity contribution in [3.05, 3.63) is 28.5 Å². The van der Waals surface area contributed by atoms with Crippen LogP contribution in [0.5, 0.6) is 0 Å². The van der Waals surface area contributed by atoms with Gasteiger partial charge in [0.05, 0.1) is 5.69 Å². The minimum atomic E-state index is -0.198. The number of rotatable bonds is 4. The second-order valence-electron chi connectivity index (χ2n) is 3.46. The van der Waals surface area contributed by atoms with Crippen molar-refractivity contribution in [2.45, 2.75) is 32.7 Å². The van der Waals surface area contributed by atoms with E-state index >= 15 is 0 Å². The van der Waals surface area contributed by atoms with Crippen molar-refractivity contribution in [3.8, 4) is 0 Å². The smallest absolute Gasteiger partial charge is 0.146 e. The molecule has 0 aromatic heterocycles. The fraction of sp³-hybridized carbons (Fsp3) is 0.455. The molecule has 1 nitrogen and oxygen atoms in total. The molecule has 78 valence electrons. The summed E-state index contributed by atoms with van der Waals surface area (Å²) >= 11 is 3.32. The van der Waals surface area contributed by atoms with E-state index in [0.717, 1.165) is 17.3 Å². The topological polar surface area (TPSA) is 12.0 Å². The van der Waals surface area contributed by atoms with Crippen LogP contribution in [0.2, 0.25) is 0 Å². The highest BCUT2D eigenvalue weighted by molar-refractivity contribution is 9.10. The highest BCUT2D eigenvalue weighted by Gasteiger charge is 2.05. The van der Waals surface area contributed by atoms with Crippen molar-refractivity contribution in [2.75, 3.05) is 5.32 Å². The lowest BCUT2D eigenvalue weighted by molar-refractivity contribution is 0.620. The molecular weight excluding hydrogens is 245 g/mol. The van der Waals surface area contributed by atoms with Crippen molar-refractivity contribution in [1.29, 1.82) is 0 Å². The molecule has 0 aliphatic carbocycles. The van der Waals surface area contributed by atoms with Gasteiger partial charge in [0, 0.05) is 10.5 Å². The number of halogens is 2. The first kappa shape index (κ1) is 11.5. The molecule has 0 amide bonds. The minimum absolute atomic E-state index is 0.198. The Labute approximate surface area is 92.8 Å². The van der Waals surface area contributed by atoms with Crippen LogP contribution in [-0.2, 0) is 0 Å². The van der Waals surface area contributed by atoms with E-state index in [1.54, 1.807) is 12.1 Å². The third kappa shape index (κ3) is 3.29. The van der Waals surface area contributed by atoms with Crippen molar-refractivity contribution in [1.82, 2.24) is 0 Å². The van der Waals surface area contributed by atoms with Crippen molar-refractivity contribution < 1.29 is 4.39 Å². The first-order valence-corrected chi connectivity index (χ1v) is 5.64. The summed E-state index contributed by atoms with van der Waals surface area (Å²) in [6, 6.07) is 5.24. The normalized spacial score (nSPS) is 12.6. The molecule has 1 aromatic rings. The molecule has 0 bridgehead atoms. The molecule has 1 atom stereocenters. The number of hydrogen-bond donors (Lipinski definition) is 1. The third-order valence-electron chi connectivity index (χ3n) is 2.05. The van der Waals surface area contributed by atoms with Gasteiger partial charge in [-0.25, -0.2) is 4.39 Å². The van der Waals surface area contributed by atoms with Crippen LogP contribution < -0.4 is 5.32 Å². The maximum atomic E-state index is 13.3. The lowest BCUT2D eigenvalue weighted by Gasteiger charge is -2.14. The van der Waals surface area contributed by atoms with Crippen LogP contribution in [0.1, 0.15) is 26.7 Å². The summed E-state index contributed by atoms with van der Waals surface area (Å²) in [5.41, 5.74) is 0.570. The van der Waals surface area contributed by atoms with Gasteiger partial charge in [0.15, 0.2) is 0 Å². The molecule has 0 radical (unpaired) electrons. The summed E-state index contributed by atoms with van der Waals surface area (Å²) in [5.74, 6) is -0.198. The van der Waals surface area contributed by atoms with Crippen LogP contribution in [0, 0.1) is 5.82 Å². The molecule has 0 aliphatic heterocycles. The lowest BCUT2D eigenvalue weighted by atomic mass is 10.2. The van der Waals surface area contributed by atoms with Crippen LogP contribution in [-0.4, -0.2) is 6.04 Å². The fourth-order valence-electron chi connectivity index (χ4n) is 1.38. The second kappa shape index (κ2) is 5.35. The van der Waals surface area contributed by atoms with E-state index in [1.165, 1.54) is 6.07 Å². The molecular formula is C11H15BrFN. The van der Waals surface area contributed by atoms with Gasteiger partial charge in [0.2, 0.25) is 0 Å². The molecule has 0 aliphatic rings. The van der Waals surface area contributed by atoms with Gasteiger partial charge in [-0.2, -0.15) is 0 Å². The standard InChI is InChI=1S/C11H15BrFN/c1-3-4-8(2)14-11-7-9(12)5-6-10(11)13/h5-8,14H,3-4H2,1-2H3. The molecule has 0 fully saturated rings. The highest BCUT2D eigenvalue weighted by Crippen LogP contribution is 2.21. The number of hydrogen-bond acceptors (Lipinski definition) is 1. The average molecular weight is 260 g/mol. The summed E-state index contributed by atoms with van der Waals surface area (Å²) in [6.07, 6.45) is 2.15. The molecule has 1 rings (SSSR count). The zero-order chi connectivity index (χ0) is 10.6. The van der Waals surface area contributed by atoms with Crippen LogP contribution >= 0.6 is 15.9 Å². The first-order valence-electron chi connectivity index (χ1n) is 4.85. The molecule has 1 N–H and O–H groups in total. The zero-order valence-corrected chi connectivity index (χ0v) is 10.1. The predicted octanol–water partition coefficient (Wildman–Crippen LogP) is 4.19. The van der Waals surface area contributed by atoms with Gasteiger partial charge in [-0.05, 0) is 31.5 Å². The molecule has 0 heterocycles. The Morgan fingerprint density at radius 1 is 1.50 bits per heavy atom. The molecule has 3 heteroatoms. The fourth-order valence-corrected chi connectivity index (χ4v) is 1.74. The first-order chi connectivity index (χ1) is 6.63. The van der Waals surface area contributed by atoms with E-state index in [4.69, 9.17) is 0 Å². The monoisotopic (exact) mass is 259 g/mol. The van der Waals surface area contributed by atoms with Gasteiger partial charge in [-0.1, -0.05) is 29.3 Å². The molecule has 0 spiro atoms. The molecule has 1 aromatic carbocycles. The Bertz CT molecular complexity index is 301. The van der Waals surface area contributed by atoms with Crippen LogP contribution in [0.4, 0.5) is 10.1 Å². The Hall–Kier alpha value is -0.570. The van der Waals surface area contributed by atoms with E-state index in [-0.39, 0.29) is 5.82 Å². The van der Waals surface area contributed by atoms with Gasteiger partial charge in [-0.15, -0.1) is 0 Å². The lowest BCUT2D eigenvalue weighted by Crippen LogP contribution is -2.15. The summed E-state index contributed by atoms with van der Waals surface area (Å²) in [7, 11) is 0. The Balaban J connectivity index is 2.70. The van der Waals surface area contributed by atoms with Gasteiger partial charge in [0.1, 0.15) is 5.82 Å². The van der Waals surface area contributed by atoms with Gasteiger partial charge >= 0.3 is 0 Å². The van der Waals surface area contributed by atoms with Gasteiger partial charge in [-0.3, -0.25) is 0 Å². The highest BCUT2D eigenvalue weighted by atomic mass is 79.9. The van der Waals surface area contributed by atoms with Crippen LogP contribution in [0.25, 0.3) is 0 Å². The van der Waals surface area contributed by atoms with Crippen molar-refractivity contribution in [3.63, 3.8) is 0 Å². The Kier molecular flexibility index (Phi) is 4.39. The number of anilines is 1. The number of benzene rings is 1. The summed E-state index contributed by atoms with van der Waals surface area (Å²) < 4.78 is 14.2. The van der Waals surface area contributed by atoms with E-state index in [1.807, 2.05) is 0 Å². The molecule has 0 saturated heterocycles. The van der Waals surface area contributed by atoms with E-state index in [0.29, 0.717) is 11.7 Å². The third-order valence-corrected chi connectivity index (χ3v) is 2.55. The van der Waals surface area contributed by atoms with Crippen molar-refractivity contribution in [2.24, 2.45) is 0 Å². The molecule has 0 saturated carbocycles. The van der Waals surface area contributed by atoms with Crippen LogP contribution in [0.3, 0.4) is 0 Å². The van der Waals surface area contributed by atoms with E-state index in [2.05, 4.69) is 35.1 Å². The second-order valence-corrected chi connectivity index (χ2v) is 4.37. The maximum absolute atomic E-state index is 13.3. The largest absolute Gasteiger partial charge is 0.380 e. The van der Waals surface area contributed by atoms with E-state index in [9.17, 15) is 4.39 Å². The summed E-state index contributed by atoms with van der Waals surface area (Å²) in [4.78, 5) is 0. The van der Waals surface area contributed by atoms with Crippen LogP contribution in [0.15, 0.2) is 22.7 Å². The Morgan fingerprint density at radius 3 is 2.86 bits per heavy atom. The predicted molar refractivity (Wildman–Crippen MR) is 62.1 cm³/mol. The van der Waals surface area contributed by atoms with Gasteiger partial charge < -0.3 is 5.32 Å².